The van der Waals surface area contributed by atoms with Gasteiger partial charge in [-0.05, 0) is 116 Å². The van der Waals surface area contributed by atoms with Crippen LogP contribution in [0.15, 0.2) is 158 Å². The Morgan fingerprint density at radius 1 is 0.500 bits per heavy atom. The molecule has 72 heavy (non-hydrogen) atoms. The van der Waals surface area contributed by atoms with Crippen molar-refractivity contribution in [2.24, 2.45) is 0 Å². The number of allylic oxidation sites excluding steroid dienone is 25. The van der Waals surface area contributed by atoms with Gasteiger partial charge in [-0.1, -0.05) is 217 Å². The number of phosphoric acid groups is 1. The van der Waals surface area contributed by atoms with Gasteiger partial charge in [-0.2, -0.15) is 0 Å². The Morgan fingerprint density at radius 3 is 1.28 bits per heavy atom. The molecule has 0 spiro atoms. The number of rotatable bonds is 48. The lowest BCUT2D eigenvalue weighted by Crippen LogP contribution is -2.45. The van der Waals surface area contributed by atoms with Crippen molar-refractivity contribution in [3.8, 4) is 0 Å². The zero-order valence-electron chi connectivity index (χ0n) is 46.1. The number of hydrogen-bond acceptors (Lipinski definition) is 6. The molecule has 3 unspecified atom stereocenters. The Hall–Kier alpha value is -3.88. The summed E-state index contributed by atoms with van der Waals surface area (Å²) in [5.74, 6) is -0.230. The third kappa shape index (κ3) is 53.9. The summed E-state index contributed by atoms with van der Waals surface area (Å²) in [6, 6.07) is -0.924. The molecule has 0 aliphatic rings. The van der Waals surface area contributed by atoms with Gasteiger partial charge >= 0.3 is 0 Å². The van der Waals surface area contributed by atoms with Crippen LogP contribution >= 0.6 is 7.82 Å². The molecule has 0 fully saturated rings. The summed E-state index contributed by atoms with van der Waals surface area (Å²) in [6.45, 7) is 4.38. The smallest absolute Gasteiger partial charge is 0.268 e. The van der Waals surface area contributed by atoms with Gasteiger partial charge in [0.15, 0.2) is 0 Å². The molecule has 0 bridgehead atoms. The average molecular weight is 1020 g/mol. The van der Waals surface area contributed by atoms with Gasteiger partial charge in [0.05, 0.1) is 39.9 Å². The van der Waals surface area contributed by atoms with E-state index in [1.807, 2.05) is 27.2 Å². The van der Waals surface area contributed by atoms with Crippen LogP contribution < -0.4 is 10.2 Å². The van der Waals surface area contributed by atoms with Crippen LogP contribution in [0.4, 0.5) is 0 Å². The number of amides is 1. The van der Waals surface area contributed by atoms with Gasteiger partial charge < -0.3 is 28.8 Å². The third-order valence-electron chi connectivity index (χ3n) is 11.2. The molecule has 0 aromatic heterocycles. The van der Waals surface area contributed by atoms with Gasteiger partial charge in [0.25, 0.3) is 7.82 Å². The number of phosphoric ester groups is 1. The normalized spacial score (nSPS) is 15.2. The zero-order valence-corrected chi connectivity index (χ0v) is 46.9. The third-order valence-corrected chi connectivity index (χ3v) is 12.1. The van der Waals surface area contributed by atoms with Gasteiger partial charge in [0.1, 0.15) is 13.2 Å². The maximum absolute atomic E-state index is 12.9. The highest BCUT2D eigenvalue weighted by atomic mass is 31.2. The Balaban J connectivity index is 4.14. The summed E-state index contributed by atoms with van der Waals surface area (Å²) in [6.07, 6.45) is 81.9. The molecular formula is C63H103N2O6P. The fraction of sp³-hybridized carbons (Fsp3) is 0.571. The van der Waals surface area contributed by atoms with Gasteiger partial charge in [-0.3, -0.25) is 9.36 Å². The number of hydrogen-bond donors (Lipinski definition) is 2. The largest absolute Gasteiger partial charge is 0.756 e. The summed E-state index contributed by atoms with van der Waals surface area (Å²) < 4.78 is 23.2. The second-order valence-electron chi connectivity index (χ2n) is 19.2. The summed E-state index contributed by atoms with van der Waals surface area (Å²) in [7, 11) is 1.20. The predicted octanol–water partition coefficient (Wildman–Crippen LogP) is 16.5. The number of carbonyl (C=O) groups is 1. The highest BCUT2D eigenvalue weighted by Crippen LogP contribution is 2.38. The van der Waals surface area contributed by atoms with Gasteiger partial charge in [-0.15, -0.1) is 0 Å². The first-order chi connectivity index (χ1) is 35.0. The van der Waals surface area contributed by atoms with Crippen molar-refractivity contribution >= 4 is 13.7 Å². The van der Waals surface area contributed by atoms with Crippen LogP contribution in [0.5, 0.6) is 0 Å². The van der Waals surface area contributed by atoms with E-state index in [4.69, 9.17) is 9.05 Å². The molecule has 0 aromatic rings. The number of carbonyl (C=O) groups excluding carboxylic acids is 1. The standard InChI is InChI=1S/C63H103N2O6P/c1-6-8-10-12-14-16-18-19-20-21-22-23-24-25-26-27-28-29-30-31-32-33-34-35-36-37-38-39-40-41-42-43-44-45-47-49-51-53-55-57-63(67)64-61(60-71-72(68,69)70-59-58-65(3,4)5)62(66)56-54-52-50-48-46-17-15-13-11-9-7-2/h8,10-11,13-14,16,19-20,22-23,25-26,28-29,31-32,34-35,37-38,40-41,46,48,54,56,61-62,66H,6-7,9,12,15,17-18,21,24,27,30,33,36,39,42-45,47,49-53,55,57-60H2,1-5H3,(H-,64,67,68,69)/b10-8-,13-11+,16-14-,20-19-,23-22-,26-25-,29-28-,32-31-,35-34-,38-37-,41-40-,48-46+,56-54+. The van der Waals surface area contributed by atoms with Crippen LogP contribution in [0.25, 0.3) is 0 Å². The molecule has 2 N–H and O–H groups in total. The lowest BCUT2D eigenvalue weighted by atomic mass is 10.1. The highest BCUT2D eigenvalue weighted by Gasteiger charge is 2.23. The minimum atomic E-state index is -4.61. The maximum Gasteiger partial charge on any atom is 0.268 e. The molecule has 9 heteroatoms. The predicted molar refractivity (Wildman–Crippen MR) is 311 cm³/mol. The van der Waals surface area contributed by atoms with Crippen molar-refractivity contribution in [1.82, 2.24) is 5.32 Å². The zero-order chi connectivity index (χ0) is 52.7. The molecule has 0 radical (unpaired) electrons. The van der Waals surface area contributed by atoms with E-state index in [0.717, 1.165) is 135 Å². The van der Waals surface area contributed by atoms with Crippen LogP contribution in [-0.4, -0.2) is 68.5 Å². The minimum absolute atomic E-state index is 0.0194. The molecule has 0 aromatic carbocycles. The molecule has 3 atom stereocenters. The van der Waals surface area contributed by atoms with E-state index in [2.05, 4.69) is 165 Å². The lowest BCUT2D eigenvalue weighted by Gasteiger charge is -2.29. The van der Waals surface area contributed by atoms with Gasteiger partial charge in [-0.25, -0.2) is 0 Å². The molecule has 0 aliphatic carbocycles. The first-order valence-corrected chi connectivity index (χ1v) is 29.3. The van der Waals surface area contributed by atoms with Crippen molar-refractivity contribution in [1.29, 1.82) is 0 Å². The second kappa shape index (κ2) is 52.0. The van der Waals surface area contributed by atoms with Crippen LogP contribution in [0.1, 0.15) is 181 Å². The Labute approximate surface area is 441 Å². The summed E-state index contributed by atoms with van der Waals surface area (Å²) >= 11 is 0. The van der Waals surface area contributed by atoms with Crippen molar-refractivity contribution in [2.45, 2.75) is 193 Å². The quantitative estimate of drug-likeness (QED) is 0.0272. The number of aliphatic hydroxyl groups is 1. The van der Waals surface area contributed by atoms with Gasteiger partial charge in [0, 0.05) is 6.42 Å². The highest BCUT2D eigenvalue weighted by molar-refractivity contribution is 7.45. The van der Waals surface area contributed by atoms with Crippen molar-refractivity contribution in [2.75, 3.05) is 40.9 Å². The summed E-state index contributed by atoms with van der Waals surface area (Å²) in [5.41, 5.74) is 0. The summed E-state index contributed by atoms with van der Waals surface area (Å²) in [4.78, 5) is 25.4. The van der Waals surface area contributed by atoms with E-state index in [9.17, 15) is 19.4 Å². The first-order valence-electron chi connectivity index (χ1n) is 27.8. The molecular weight excluding hydrogens is 912 g/mol. The molecule has 1 amide bonds. The maximum atomic E-state index is 12.9. The lowest BCUT2D eigenvalue weighted by molar-refractivity contribution is -0.870. The van der Waals surface area contributed by atoms with Crippen molar-refractivity contribution in [3.63, 3.8) is 0 Å². The fourth-order valence-electron chi connectivity index (χ4n) is 6.86. The average Bonchev–Trinajstić information content (AvgIpc) is 3.34. The molecule has 406 valence electrons. The number of aliphatic hydroxyl groups excluding tert-OH is 1. The van der Waals surface area contributed by atoms with Crippen molar-refractivity contribution < 1.29 is 32.9 Å². The van der Waals surface area contributed by atoms with E-state index in [0.29, 0.717) is 17.4 Å². The number of nitrogens with zero attached hydrogens (tertiary/aromatic N) is 1. The number of nitrogens with one attached hydrogen (secondary N) is 1. The SMILES string of the molecule is CC/C=C\C/C=C\C/C=C\C/C=C\C/C=C\C/C=C\C/C=C\C/C=C\C/C=C\C/C=C\CCCCCCCCCCC(=O)NC(COP(=O)([O-])OCC[N+](C)(C)C)C(O)/C=C/CC/C=C/CC/C=C/CCC. The number of unbranched alkanes of at least 4 members (excludes halogenated alkanes) is 11. The summed E-state index contributed by atoms with van der Waals surface area (Å²) in [5, 5.41) is 13.7. The molecule has 0 saturated carbocycles. The first kappa shape index (κ1) is 68.1. The Kier molecular flexibility index (Phi) is 49.2. The van der Waals surface area contributed by atoms with E-state index in [1.165, 1.54) is 25.7 Å². The molecule has 8 nitrogen and oxygen atoms in total. The van der Waals surface area contributed by atoms with E-state index in [-0.39, 0.29) is 12.5 Å². The van der Waals surface area contributed by atoms with E-state index >= 15 is 0 Å². The number of likely N-dealkylation sites (N-methyl/N-ethyl adjacent to an activating group) is 1. The van der Waals surface area contributed by atoms with Crippen LogP contribution in [0, 0.1) is 0 Å². The Bertz CT molecular complexity index is 1720. The molecule has 0 saturated heterocycles. The van der Waals surface area contributed by atoms with Crippen molar-refractivity contribution in [3.05, 3.63) is 158 Å². The van der Waals surface area contributed by atoms with E-state index in [1.54, 1.807) is 6.08 Å². The molecule has 0 heterocycles. The van der Waals surface area contributed by atoms with E-state index < -0.39 is 26.6 Å². The monoisotopic (exact) mass is 1010 g/mol. The second-order valence-corrected chi connectivity index (χ2v) is 20.6. The number of quaternary nitrogens is 1. The molecule has 0 aliphatic heterocycles. The van der Waals surface area contributed by atoms with Crippen LogP contribution in [0.2, 0.25) is 0 Å². The van der Waals surface area contributed by atoms with Gasteiger partial charge in [0.2, 0.25) is 5.91 Å². The fourth-order valence-corrected chi connectivity index (χ4v) is 7.59. The topological polar surface area (TPSA) is 108 Å². The molecule has 0 rings (SSSR count). The Morgan fingerprint density at radius 2 is 0.861 bits per heavy atom. The van der Waals surface area contributed by atoms with Crippen LogP contribution in [-0.2, 0) is 18.4 Å². The minimum Gasteiger partial charge on any atom is -0.756 e. The van der Waals surface area contributed by atoms with Crippen LogP contribution in [0.3, 0.4) is 0 Å².